The first kappa shape index (κ1) is 17.0. The van der Waals surface area contributed by atoms with E-state index in [0.717, 1.165) is 45.6 Å². The van der Waals surface area contributed by atoms with Crippen molar-refractivity contribution in [1.29, 1.82) is 0 Å². The first-order chi connectivity index (χ1) is 9.67. The Morgan fingerprint density at radius 3 is 2.30 bits per heavy atom. The molecule has 1 heterocycles. The van der Waals surface area contributed by atoms with Crippen LogP contribution in [0.4, 0.5) is 0 Å². The summed E-state index contributed by atoms with van der Waals surface area (Å²) in [6.07, 6.45) is 5.70. The minimum atomic E-state index is -0.167. The van der Waals surface area contributed by atoms with Crippen LogP contribution in [0.15, 0.2) is 0 Å². The Labute approximate surface area is 122 Å². The molecule has 1 fully saturated rings. The van der Waals surface area contributed by atoms with Crippen LogP contribution >= 0.6 is 0 Å². The van der Waals surface area contributed by atoms with Crippen molar-refractivity contribution >= 4 is 11.9 Å². The van der Waals surface area contributed by atoms with E-state index in [4.69, 9.17) is 0 Å². The van der Waals surface area contributed by atoms with Crippen LogP contribution in [0.2, 0.25) is 0 Å². The topological polar surface area (TPSA) is 49.9 Å². The van der Waals surface area contributed by atoms with Gasteiger partial charge in [0.25, 0.3) is 0 Å². The van der Waals surface area contributed by atoms with E-state index in [1.807, 2.05) is 4.90 Å². The van der Waals surface area contributed by atoms with Crippen molar-refractivity contribution in [2.75, 3.05) is 39.8 Å². The Balaban J connectivity index is 2.14. The maximum absolute atomic E-state index is 12.0. The fourth-order valence-corrected chi connectivity index (χ4v) is 2.43. The van der Waals surface area contributed by atoms with Gasteiger partial charge >= 0.3 is 5.97 Å². The molecule has 1 saturated heterocycles. The molecule has 1 aliphatic heterocycles. The second kappa shape index (κ2) is 9.75. The SMILES string of the molecule is CCCCCCC(=O)N1CCN(CCC(=O)OC)CC1. The number of hydrogen-bond donors (Lipinski definition) is 0. The van der Waals surface area contributed by atoms with E-state index in [0.29, 0.717) is 12.8 Å². The summed E-state index contributed by atoms with van der Waals surface area (Å²) in [5, 5.41) is 0. The van der Waals surface area contributed by atoms with Crippen LogP contribution in [-0.2, 0) is 14.3 Å². The number of rotatable bonds is 8. The first-order valence-electron chi connectivity index (χ1n) is 7.74. The Hall–Kier alpha value is -1.10. The molecule has 20 heavy (non-hydrogen) atoms. The van der Waals surface area contributed by atoms with E-state index in [1.54, 1.807) is 0 Å². The molecule has 5 heteroatoms. The first-order valence-corrected chi connectivity index (χ1v) is 7.74. The van der Waals surface area contributed by atoms with Gasteiger partial charge in [-0.1, -0.05) is 26.2 Å². The van der Waals surface area contributed by atoms with Gasteiger partial charge in [-0.2, -0.15) is 0 Å². The lowest BCUT2D eigenvalue weighted by atomic mass is 10.1. The number of methoxy groups -OCH3 is 1. The molecule has 0 N–H and O–H groups in total. The van der Waals surface area contributed by atoms with E-state index in [2.05, 4.69) is 16.6 Å². The van der Waals surface area contributed by atoms with Gasteiger partial charge in [-0.3, -0.25) is 14.5 Å². The van der Waals surface area contributed by atoms with Crippen molar-refractivity contribution in [1.82, 2.24) is 9.80 Å². The number of unbranched alkanes of at least 4 members (excludes halogenated alkanes) is 3. The normalized spacial score (nSPS) is 16.2. The van der Waals surface area contributed by atoms with Crippen LogP contribution in [0.5, 0.6) is 0 Å². The predicted octanol–water partition coefficient (Wildman–Crippen LogP) is 1.66. The molecule has 5 nitrogen and oxygen atoms in total. The quantitative estimate of drug-likeness (QED) is 0.502. The molecule has 0 radical (unpaired) electrons. The van der Waals surface area contributed by atoms with Crippen molar-refractivity contribution in [3.8, 4) is 0 Å². The number of esters is 1. The highest BCUT2D eigenvalue weighted by Crippen LogP contribution is 2.08. The molecule has 116 valence electrons. The van der Waals surface area contributed by atoms with Gasteiger partial charge in [0, 0.05) is 39.1 Å². The van der Waals surface area contributed by atoms with Crippen LogP contribution in [0, 0.1) is 0 Å². The third kappa shape index (κ3) is 6.37. The fraction of sp³-hybridized carbons (Fsp3) is 0.867. The smallest absolute Gasteiger partial charge is 0.306 e. The molecule has 1 aliphatic rings. The van der Waals surface area contributed by atoms with Gasteiger partial charge in [0.05, 0.1) is 13.5 Å². The molecule has 0 aromatic heterocycles. The Morgan fingerprint density at radius 1 is 1.00 bits per heavy atom. The van der Waals surface area contributed by atoms with E-state index >= 15 is 0 Å². The van der Waals surface area contributed by atoms with Crippen molar-refractivity contribution in [2.24, 2.45) is 0 Å². The second-order valence-corrected chi connectivity index (χ2v) is 5.36. The zero-order chi connectivity index (χ0) is 14.8. The van der Waals surface area contributed by atoms with Crippen LogP contribution in [0.25, 0.3) is 0 Å². The average molecular weight is 284 g/mol. The fourth-order valence-electron chi connectivity index (χ4n) is 2.43. The highest BCUT2D eigenvalue weighted by atomic mass is 16.5. The number of ether oxygens (including phenoxy) is 1. The molecular formula is C15H28N2O3. The van der Waals surface area contributed by atoms with Crippen molar-refractivity contribution < 1.29 is 14.3 Å². The zero-order valence-electron chi connectivity index (χ0n) is 12.9. The molecular weight excluding hydrogens is 256 g/mol. The van der Waals surface area contributed by atoms with E-state index in [-0.39, 0.29) is 11.9 Å². The van der Waals surface area contributed by atoms with Gasteiger partial charge < -0.3 is 9.64 Å². The molecule has 0 aromatic carbocycles. The maximum Gasteiger partial charge on any atom is 0.306 e. The monoisotopic (exact) mass is 284 g/mol. The number of piperazine rings is 1. The third-order valence-electron chi connectivity index (χ3n) is 3.83. The Morgan fingerprint density at radius 2 is 1.70 bits per heavy atom. The van der Waals surface area contributed by atoms with Gasteiger partial charge in [0.15, 0.2) is 0 Å². The summed E-state index contributed by atoms with van der Waals surface area (Å²) in [4.78, 5) is 27.3. The predicted molar refractivity (Wildman–Crippen MR) is 78.4 cm³/mol. The van der Waals surface area contributed by atoms with Gasteiger partial charge in [-0.05, 0) is 6.42 Å². The van der Waals surface area contributed by atoms with Gasteiger partial charge in [0.2, 0.25) is 5.91 Å². The summed E-state index contributed by atoms with van der Waals surface area (Å²) < 4.78 is 4.63. The summed E-state index contributed by atoms with van der Waals surface area (Å²) in [6.45, 7) is 6.19. The van der Waals surface area contributed by atoms with E-state index in [1.165, 1.54) is 20.0 Å². The minimum absolute atomic E-state index is 0.167. The lowest BCUT2D eigenvalue weighted by molar-refractivity contribution is -0.141. The standard InChI is InChI=1S/C15H28N2O3/c1-3-4-5-6-7-14(18)17-12-10-16(11-13-17)9-8-15(19)20-2/h3-13H2,1-2H3. The highest BCUT2D eigenvalue weighted by Gasteiger charge is 2.20. The molecule has 0 aliphatic carbocycles. The number of hydrogen-bond acceptors (Lipinski definition) is 4. The molecule has 0 aromatic rings. The van der Waals surface area contributed by atoms with Gasteiger partial charge in [-0.15, -0.1) is 0 Å². The average Bonchev–Trinajstić information content (AvgIpc) is 2.49. The lowest BCUT2D eigenvalue weighted by Crippen LogP contribution is -2.49. The summed E-state index contributed by atoms with van der Waals surface area (Å²) in [5.74, 6) is 0.119. The lowest BCUT2D eigenvalue weighted by Gasteiger charge is -2.34. The molecule has 0 saturated carbocycles. The molecule has 0 unspecified atom stereocenters. The highest BCUT2D eigenvalue weighted by molar-refractivity contribution is 5.76. The molecule has 0 atom stereocenters. The summed E-state index contributed by atoms with van der Waals surface area (Å²) in [7, 11) is 1.41. The minimum Gasteiger partial charge on any atom is -0.469 e. The van der Waals surface area contributed by atoms with Gasteiger partial charge in [-0.25, -0.2) is 0 Å². The third-order valence-corrected chi connectivity index (χ3v) is 3.83. The number of carbonyl (C=O) groups excluding carboxylic acids is 2. The number of nitrogens with zero attached hydrogens (tertiary/aromatic N) is 2. The summed E-state index contributed by atoms with van der Waals surface area (Å²) in [6, 6.07) is 0. The van der Waals surface area contributed by atoms with Crippen LogP contribution in [0.3, 0.4) is 0 Å². The Kier molecular flexibility index (Phi) is 8.26. The largest absolute Gasteiger partial charge is 0.469 e. The summed E-state index contributed by atoms with van der Waals surface area (Å²) >= 11 is 0. The van der Waals surface area contributed by atoms with Crippen LogP contribution < -0.4 is 0 Å². The number of amides is 1. The maximum atomic E-state index is 12.0. The zero-order valence-corrected chi connectivity index (χ0v) is 12.9. The van der Waals surface area contributed by atoms with Gasteiger partial charge in [0.1, 0.15) is 0 Å². The Bertz CT molecular complexity index is 299. The van der Waals surface area contributed by atoms with Crippen molar-refractivity contribution in [2.45, 2.75) is 45.4 Å². The molecule has 0 spiro atoms. The van der Waals surface area contributed by atoms with Crippen molar-refractivity contribution in [3.63, 3.8) is 0 Å². The van der Waals surface area contributed by atoms with Crippen molar-refractivity contribution in [3.05, 3.63) is 0 Å². The van der Waals surface area contributed by atoms with Crippen LogP contribution in [0.1, 0.15) is 45.4 Å². The molecule has 0 bridgehead atoms. The van der Waals surface area contributed by atoms with E-state index < -0.39 is 0 Å². The number of carbonyl (C=O) groups is 2. The van der Waals surface area contributed by atoms with Crippen LogP contribution in [-0.4, -0.2) is 61.5 Å². The van der Waals surface area contributed by atoms with E-state index in [9.17, 15) is 9.59 Å². The molecule has 1 rings (SSSR count). The second-order valence-electron chi connectivity index (χ2n) is 5.36. The molecule has 1 amide bonds. The summed E-state index contributed by atoms with van der Waals surface area (Å²) in [5.41, 5.74) is 0.